The largest absolute Gasteiger partial charge is 0.507 e. The summed E-state index contributed by atoms with van der Waals surface area (Å²) in [5.41, 5.74) is 4.92. The number of anilines is 2. The zero-order valence-corrected chi connectivity index (χ0v) is 23.2. The van der Waals surface area contributed by atoms with Crippen molar-refractivity contribution in [2.24, 2.45) is 0 Å². The second kappa shape index (κ2) is 10.6. The fourth-order valence-corrected chi connectivity index (χ4v) is 5.48. The Morgan fingerprint density at radius 1 is 0.878 bits per heavy atom. The molecule has 1 aliphatic heterocycles. The number of nitrogens with one attached hydrogen (secondary N) is 3. The van der Waals surface area contributed by atoms with E-state index in [4.69, 9.17) is 4.74 Å². The van der Waals surface area contributed by atoms with E-state index in [1.807, 2.05) is 60.7 Å². The van der Waals surface area contributed by atoms with Gasteiger partial charge in [-0.25, -0.2) is 0 Å². The number of aromatic amines is 2. The highest BCUT2D eigenvalue weighted by Crippen LogP contribution is 2.41. The van der Waals surface area contributed by atoms with Crippen LogP contribution in [0.1, 0.15) is 26.5 Å². The average Bonchev–Trinajstić information content (AvgIpc) is 3.74. The van der Waals surface area contributed by atoms with Gasteiger partial charge in [0.05, 0.1) is 12.8 Å². The molecule has 0 radical (unpaired) electrons. The third-order valence-corrected chi connectivity index (χ3v) is 7.42. The third kappa shape index (κ3) is 4.62. The van der Waals surface area contributed by atoms with E-state index in [0.29, 0.717) is 41.5 Å². The Morgan fingerprint density at radius 2 is 1.63 bits per heavy atom. The Kier molecular flexibility index (Phi) is 6.77. The Balaban J connectivity index is 0.00000148. The molecule has 0 bridgehead atoms. The standard InChI is InChI=1S/C31H24N4O4.CH3Cl/c1-39-20-7-8-22-23(15-20)21-10-11-35(28(21)16-29(22)36)31(38)27-14-18-12-19(6-9-25(18)34-27)32-30(37)26-13-17-4-2-3-5-24(17)33-26;1-2/h2-9,12-16,33-34,36H,10-11H2,1H3,(H,32,37);1H3. The smallest absolute Gasteiger partial charge is 0.274 e. The number of alkyl halides is 1. The van der Waals surface area contributed by atoms with Gasteiger partial charge in [0.15, 0.2) is 0 Å². The number of benzene rings is 4. The van der Waals surface area contributed by atoms with Gasteiger partial charge < -0.3 is 30.0 Å². The summed E-state index contributed by atoms with van der Waals surface area (Å²) < 4.78 is 5.38. The predicted molar refractivity (Wildman–Crippen MR) is 164 cm³/mol. The monoisotopic (exact) mass is 566 g/mol. The van der Waals surface area contributed by atoms with Crippen molar-refractivity contribution in [2.45, 2.75) is 6.42 Å². The fraction of sp³-hybridized carbons (Fsp3) is 0.125. The first-order chi connectivity index (χ1) is 20.0. The van der Waals surface area contributed by atoms with Crippen LogP contribution in [0.4, 0.5) is 11.4 Å². The molecule has 0 atom stereocenters. The van der Waals surface area contributed by atoms with Gasteiger partial charge in [-0.05, 0) is 72.0 Å². The fourth-order valence-electron chi connectivity index (χ4n) is 5.48. The normalized spacial score (nSPS) is 12.3. The molecule has 0 saturated heterocycles. The number of rotatable bonds is 4. The maximum absolute atomic E-state index is 13.6. The number of ether oxygens (including phenoxy) is 1. The van der Waals surface area contributed by atoms with Crippen LogP contribution in [0.3, 0.4) is 0 Å². The molecule has 7 rings (SSSR count). The van der Waals surface area contributed by atoms with Crippen molar-refractivity contribution in [2.75, 3.05) is 30.3 Å². The number of aromatic hydroxyl groups is 1. The molecule has 8 nitrogen and oxygen atoms in total. The second-order valence-electron chi connectivity index (χ2n) is 9.72. The molecule has 206 valence electrons. The number of nitrogens with zero attached hydrogens (tertiary/aromatic N) is 1. The third-order valence-electron chi connectivity index (χ3n) is 7.42. The van der Waals surface area contributed by atoms with Crippen molar-refractivity contribution >= 4 is 67.4 Å². The Labute approximate surface area is 240 Å². The molecule has 2 amide bonds. The van der Waals surface area contributed by atoms with Crippen LogP contribution >= 0.6 is 11.6 Å². The van der Waals surface area contributed by atoms with Crippen LogP contribution in [0.2, 0.25) is 0 Å². The van der Waals surface area contributed by atoms with Crippen molar-refractivity contribution in [1.82, 2.24) is 9.97 Å². The van der Waals surface area contributed by atoms with Crippen molar-refractivity contribution in [1.29, 1.82) is 0 Å². The molecule has 0 unspecified atom stereocenters. The van der Waals surface area contributed by atoms with Gasteiger partial charge >= 0.3 is 0 Å². The molecule has 1 aliphatic rings. The number of fused-ring (bicyclic) bond motifs is 5. The summed E-state index contributed by atoms with van der Waals surface area (Å²) in [6, 6.07) is 24.0. The van der Waals surface area contributed by atoms with Gasteiger partial charge in [0.2, 0.25) is 0 Å². The maximum Gasteiger partial charge on any atom is 0.274 e. The minimum Gasteiger partial charge on any atom is -0.507 e. The number of methoxy groups -OCH3 is 1. The van der Waals surface area contributed by atoms with E-state index in [2.05, 4.69) is 26.9 Å². The summed E-state index contributed by atoms with van der Waals surface area (Å²) in [6.45, 7) is 0.505. The number of H-pyrrole nitrogens is 2. The Morgan fingerprint density at radius 3 is 2.44 bits per heavy atom. The van der Waals surface area contributed by atoms with Crippen LogP contribution in [-0.2, 0) is 6.42 Å². The zero-order chi connectivity index (χ0) is 28.7. The molecule has 4 N–H and O–H groups in total. The number of halogens is 1. The minimum atomic E-state index is -0.241. The molecule has 3 heterocycles. The van der Waals surface area contributed by atoms with Crippen molar-refractivity contribution in [3.05, 3.63) is 95.8 Å². The van der Waals surface area contributed by atoms with Gasteiger partial charge in [-0.3, -0.25) is 9.59 Å². The first-order valence-electron chi connectivity index (χ1n) is 13.0. The SMILES string of the molecule is CCl.COc1ccc2c(O)cc3c(c2c1)CCN3C(=O)c1cc2cc(NC(=O)c3cc4ccccc4[nH]3)ccc2[nH]1. The Hall–Kier alpha value is -4.95. The number of carbonyl (C=O) groups excluding carboxylic acids is 2. The van der Waals surface area contributed by atoms with Gasteiger partial charge in [0.25, 0.3) is 11.8 Å². The van der Waals surface area contributed by atoms with Gasteiger partial charge in [0.1, 0.15) is 22.9 Å². The first kappa shape index (κ1) is 26.3. The van der Waals surface area contributed by atoms with Crippen LogP contribution in [0, 0.1) is 0 Å². The molecule has 0 aliphatic carbocycles. The van der Waals surface area contributed by atoms with E-state index in [1.165, 1.54) is 6.38 Å². The topological polar surface area (TPSA) is 110 Å². The summed E-state index contributed by atoms with van der Waals surface area (Å²) in [4.78, 5) is 34.5. The average molecular weight is 567 g/mol. The molecular weight excluding hydrogens is 540 g/mol. The van der Waals surface area contributed by atoms with E-state index in [9.17, 15) is 14.7 Å². The van der Waals surface area contributed by atoms with Crippen molar-refractivity contribution < 1.29 is 19.4 Å². The summed E-state index contributed by atoms with van der Waals surface area (Å²) in [5, 5.41) is 17.0. The van der Waals surface area contributed by atoms with Crippen LogP contribution in [0.25, 0.3) is 32.6 Å². The highest BCUT2D eigenvalue weighted by atomic mass is 35.5. The number of hydrogen-bond acceptors (Lipinski definition) is 4. The molecule has 41 heavy (non-hydrogen) atoms. The van der Waals surface area contributed by atoms with Crippen LogP contribution in [0.15, 0.2) is 78.9 Å². The predicted octanol–water partition coefficient (Wildman–Crippen LogP) is 6.83. The summed E-state index contributed by atoms with van der Waals surface area (Å²) in [7, 11) is 1.61. The molecule has 6 aromatic rings. The molecule has 9 heteroatoms. The molecule has 4 aromatic carbocycles. The van der Waals surface area contributed by atoms with Crippen molar-refractivity contribution in [3.8, 4) is 11.5 Å². The van der Waals surface area contributed by atoms with Gasteiger partial charge in [0, 0.05) is 51.9 Å². The molecule has 2 aromatic heterocycles. The zero-order valence-electron chi connectivity index (χ0n) is 22.4. The highest BCUT2D eigenvalue weighted by Gasteiger charge is 2.29. The van der Waals surface area contributed by atoms with Crippen LogP contribution < -0.4 is 15.0 Å². The summed E-state index contributed by atoms with van der Waals surface area (Å²) in [6.07, 6.45) is 2.15. The lowest BCUT2D eigenvalue weighted by Gasteiger charge is -2.17. The van der Waals surface area contributed by atoms with E-state index >= 15 is 0 Å². The van der Waals surface area contributed by atoms with E-state index in [0.717, 1.165) is 38.1 Å². The van der Waals surface area contributed by atoms with Crippen LogP contribution in [0.5, 0.6) is 11.5 Å². The number of phenols is 1. The lowest BCUT2D eigenvalue weighted by atomic mass is 10.0. The number of para-hydroxylation sites is 1. The maximum atomic E-state index is 13.6. The van der Waals surface area contributed by atoms with Gasteiger partial charge in [-0.1, -0.05) is 18.2 Å². The lowest BCUT2D eigenvalue weighted by Crippen LogP contribution is -2.29. The molecular formula is C32H27ClN4O4. The minimum absolute atomic E-state index is 0.123. The van der Waals surface area contributed by atoms with E-state index < -0.39 is 0 Å². The number of hydrogen-bond donors (Lipinski definition) is 4. The molecule has 0 saturated carbocycles. The van der Waals surface area contributed by atoms with Crippen molar-refractivity contribution in [3.63, 3.8) is 0 Å². The quantitative estimate of drug-likeness (QED) is 0.175. The lowest BCUT2D eigenvalue weighted by molar-refractivity contribution is 0.0983. The number of carbonyl (C=O) groups is 2. The summed E-state index contributed by atoms with van der Waals surface area (Å²) in [5.74, 6) is 0.395. The molecule has 0 spiro atoms. The van der Waals surface area contributed by atoms with E-state index in [1.54, 1.807) is 30.2 Å². The summed E-state index contributed by atoms with van der Waals surface area (Å²) >= 11 is 4.64. The Bertz CT molecular complexity index is 1930. The first-order valence-corrected chi connectivity index (χ1v) is 13.8. The number of phenolic OH excluding ortho intramolecular Hbond substituents is 1. The highest BCUT2D eigenvalue weighted by molar-refractivity contribution is 6.15. The number of aromatic nitrogens is 2. The van der Waals surface area contributed by atoms with Gasteiger partial charge in [-0.2, -0.15) is 0 Å². The van der Waals surface area contributed by atoms with Crippen LogP contribution in [-0.4, -0.2) is 46.9 Å². The number of amides is 2. The van der Waals surface area contributed by atoms with Gasteiger partial charge in [-0.15, -0.1) is 11.6 Å². The molecule has 0 fully saturated rings. The van der Waals surface area contributed by atoms with E-state index in [-0.39, 0.29) is 17.6 Å². The second-order valence-corrected chi connectivity index (χ2v) is 9.72.